The Labute approximate surface area is 401 Å². The van der Waals surface area contributed by atoms with E-state index in [1.807, 2.05) is 60.7 Å². The smallest absolute Gasteiger partial charge is 0.366 e. The van der Waals surface area contributed by atoms with Crippen LogP contribution in [0.25, 0.3) is 43.6 Å². The summed E-state index contributed by atoms with van der Waals surface area (Å²) in [5.74, 6) is 7.29. The number of aromatic nitrogens is 2. The molecule has 1 atom stereocenters. The minimum Gasteiger partial charge on any atom is -0.366 e. The maximum absolute atomic E-state index is 7.18. The first kappa shape index (κ1) is 47.9. The van der Waals surface area contributed by atoms with Crippen molar-refractivity contribution in [2.45, 2.75) is 0 Å². The number of nitrogens with zero attached hydrogens (tertiary/aromatic N) is 2. The molecule has 0 bridgehead atoms. The molecule has 6 heteroatoms. The van der Waals surface area contributed by atoms with Gasteiger partial charge in [-0.15, -0.1) is 35.4 Å². The Bertz CT molecular complexity index is 2960. The molecule has 0 spiro atoms. The van der Waals surface area contributed by atoms with Gasteiger partial charge in [-0.3, -0.25) is 11.8 Å². The topological polar surface area (TPSA) is 9.86 Å². The number of hydrogen-bond acceptors (Lipinski definition) is 0. The quantitative estimate of drug-likeness (QED) is 0.0448. The number of hydrogen-bond donors (Lipinski definition) is 0. The van der Waals surface area contributed by atoms with Crippen molar-refractivity contribution >= 4 is 75.4 Å². The van der Waals surface area contributed by atoms with E-state index in [-0.39, 0.29) is 44.8 Å². The second kappa shape index (κ2) is 23.9. The van der Waals surface area contributed by atoms with Crippen molar-refractivity contribution < 1.29 is 44.8 Å². The first-order valence-electron chi connectivity index (χ1n) is 20.1. The first-order valence-corrected chi connectivity index (χ1v) is 23.6. The van der Waals surface area contributed by atoms with Crippen LogP contribution in [0.4, 0.5) is 0 Å². The molecule has 9 aromatic rings. The summed E-state index contributed by atoms with van der Waals surface area (Å²) in [5, 5.41) is 9.41. The number of fused-ring (bicyclic) bond motifs is 6. The van der Waals surface area contributed by atoms with E-state index in [4.69, 9.17) is 12.8 Å². The first-order chi connectivity index (χ1) is 29.5. The van der Waals surface area contributed by atoms with Crippen LogP contribution in [-0.2, 0) is 58.9 Å². The van der Waals surface area contributed by atoms with Crippen LogP contribution in [0, 0.1) is 24.7 Å². The van der Waals surface area contributed by atoms with Gasteiger partial charge in [0.25, 0.3) is 0 Å². The van der Waals surface area contributed by atoms with E-state index in [0.29, 0.717) is 0 Å². The molecule has 0 aliphatic rings. The molecule has 2 heterocycles. The molecule has 0 aliphatic carbocycles. The SMILES string of the molecule is C=C/C=C\C=C\[PH+](CC[PH+](c1ccccc1)c1ccccc1)c1ccccc1.[Au+].[Au+].[C-]#Cc1ccc2c(c1)c1ccccc1n2C.[C-]#Cc1ccc2c3ccccc3n(C)c2c1. The number of para-hydroxylation sites is 2. The molecule has 1 unspecified atom stereocenters. The maximum atomic E-state index is 7.18. The van der Waals surface area contributed by atoms with Crippen LogP contribution in [0.5, 0.6) is 0 Å². The maximum Gasteiger partial charge on any atom is 1.00 e. The normalized spacial score (nSPS) is 11.2. The van der Waals surface area contributed by atoms with E-state index in [9.17, 15) is 0 Å². The molecule has 2 aromatic heterocycles. The molecule has 7 aromatic carbocycles. The summed E-state index contributed by atoms with van der Waals surface area (Å²) in [4.78, 5) is 0. The van der Waals surface area contributed by atoms with Crippen LogP contribution < -0.4 is 15.9 Å². The molecular formula is C56H48Au2N2P2+2. The molecule has 0 radical (unpaired) electrons. The molecule has 0 aliphatic heterocycles. The van der Waals surface area contributed by atoms with E-state index < -0.39 is 15.8 Å². The van der Waals surface area contributed by atoms with Gasteiger partial charge >= 0.3 is 44.8 Å². The number of aryl methyl sites for hydroxylation is 2. The van der Waals surface area contributed by atoms with Gasteiger partial charge in [-0.1, -0.05) is 128 Å². The Kier molecular flexibility index (Phi) is 18.4. The Morgan fingerprint density at radius 1 is 0.468 bits per heavy atom. The summed E-state index contributed by atoms with van der Waals surface area (Å²) in [5.41, 5.74) is 6.43. The van der Waals surface area contributed by atoms with E-state index >= 15 is 0 Å². The molecule has 2 nitrogen and oxygen atoms in total. The molecule has 0 saturated carbocycles. The molecular weight excluding hydrogens is 1160 g/mol. The summed E-state index contributed by atoms with van der Waals surface area (Å²) in [6.07, 6.45) is 24.9. The van der Waals surface area contributed by atoms with Crippen LogP contribution >= 0.6 is 15.8 Å². The second-order valence-corrected chi connectivity index (χ2v) is 19.5. The second-order valence-electron chi connectivity index (χ2n) is 14.4. The summed E-state index contributed by atoms with van der Waals surface area (Å²) >= 11 is 0. The van der Waals surface area contributed by atoms with Crippen molar-refractivity contribution in [1.29, 1.82) is 0 Å². The van der Waals surface area contributed by atoms with E-state index in [1.54, 1.807) is 0 Å². The molecule has 0 N–H and O–H groups in total. The average Bonchev–Trinajstić information content (AvgIpc) is 3.77. The van der Waals surface area contributed by atoms with E-state index in [2.05, 4.69) is 187 Å². The van der Waals surface area contributed by atoms with Crippen LogP contribution in [-0.4, -0.2) is 21.5 Å². The standard InChI is InChI=1S/C26H26P2.2C15H10N.2Au/c1-2-3-4-14-21-27(24-15-8-5-9-16-24)22-23-28(25-17-10-6-11-18-25)26-19-12-7-13-20-26;1-3-11-8-9-15-13(10-11)12-6-4-5-7-14(12)16(15)2;1-3-11-8-9-13-12-6-4-5-7-14(12)16(2)15(13)10-11;;/h2-21H,1,22-23H2;2*4-10H,2H3;;/q;2*-1;2*+1/p+2/b4-3-,21-14+;;;;. The fourth-order valence-electron chi connectivity index (χ4n) is 7.77. The van der Waals surface area contributed by atoms with E-state index in [1.165, 1.54) is 66.3 Å². The van der Waals surface area contributed by atoms with Crippen LogP contribution in [0.15, 0.2) is 213 Å². The summed E-state index contributed by atoms with van der Waals surface area (Å²) in [7, 11) is 2.59. The number of allylic oxidation sites excluding steroid dienone is 4. The number of benzene rings is 7. The van der Waals surface area contributed by atoms with Crippen LogP contribution in [0.2, 0.25) is 0 Å². The summed E-state index contributed by atoms with van der Waals surface area (Å²) < 4.78 is 4.34. The Morgan fingerprint density at radius 2 is 0.919 bits per heavy atom. The van der Waals surface area contributed by atoms with Crippen molar-refractivity contribution in [2.75, 3.05) is 12.3 Å². The van der Waals surface area contributed by atoms with E-state index in [0.717, 1.165) is 16.6 Å². The Hall–Kier alpha value is -5.18. The molecule has 62 heavy (non-hydrogen) atoms. The van der Waals surface area contributed by atoms with Crippen molar-refractivity contribution in [3.05, 3.63) is 237 Å². The fraction of sp³-hybridized carbons (Fsp3) is 0.0714. The van der Waals surface area contributed by atoms with Gasteiger partial charge < -0.3 is 22.0 Å². The number of rotatable bonds is 9. The van der Waals surface area contributed by atoms with Crippen molar-refractivity contribution in [1.82, 2.24) is 9.13 Å². The molecule has 9 rings (SSSR count). The molecule has 0 amide bonds. The average molecular weight is 1200 g/mol. The monoisotopic (exact) mass is 1200 g/mol. The van der Waals surface area contributed by atoms with Gasteiger partial charge in [0.1, 0.15) is 12.3 Å². The van der Waals surface area contributed by atoms with Gasteiger partial charge in [0.15, 0.2) is 0 Å². The zero-order chi connectivity index (χ0) is 41.7. The minimum atomic E-state index is -0.779. The molecule has 312 valence electrons. The van der Waals surface area contributed by atoms with Crippen molar-refractivity contribution in [3.63, 3.8) is 0 Å². The fourth-order valence-corrected chi connectivity index (χ4v) is 13.6. The third-order valence-corrected chi connectivity index (χ3v) is 16.6. The molecule has 0 fully saturated rings. The Balaban J connectivity index is 0.000000183. The third-order valence-electron chi connectivity index (χ3n) is 10.8. The molecule has 0 saturated heterocycles. The van der Waals surface area contributed by atoms with Crippen LogP contribution in [0.1, 0.15) is 11.1 Å². The zero-order valence-corrected chi connectivity index (χ0v) is 41.1. The van der Waals surface area contributed by atoms with Gasteiger partial charge in [-0.25, -0.2) is 0 Å². The van der Waals surface area contributed by atoms with Crippen molar-refractivity contribution in [3.8, 4) is 11.8 Å². The van der Waals surface area contributed by atoms with Gasteiger partial charge in [-0.05, 0) is 60.0 Å². The van der Waals surface area contributed by atoms with Gasteiger partial charge in [0, 0.05) is 52.3 Å². The van der Waals surface area contributed by atoms with Gasteiger partial charge in [-0.2, -0.15) is 0 Å². The van der Waals surface area contributed by atoms with Gasteiger partial charge in [0.2, 0.25) is 0 Å². The zero-order valence-electron chi connectivity index (χ0n) is 34.7. The summed E-state index contributed by atoms with van der Waals surface area (Å²) in [6, 6.07) is 61.8. The summed E-state index contributed by atoms with van der Waals surface area (Å²) in [6.45, 7) is 3.75. The Morgan fingerprint density at radius 3 is 1.48 bits per heavy atom. The third kappa shape index (κ3) is 11.4. The minimum absolute atomic E-state index is 0. The van der Waals surface area contributed by atoms with Crippen LogP contribution in [0.3, 0.4) is 0 Å². The van der Waals surface area contributed by atoms with Crippen molar-refractivity contribution in [2.24, 2.45) is 14.1 Å². The largest absolute Gasteiger partial charge is 1.00 e. The predicted octanol–water partition coefficient (Wildman–Crippen LogP) is 12.2. The van der Waals surface area contributed by atoms with Gasteiger partial charge in [0.05, 0.1) is 37.6 Å². The predicted molar refractivity (Wildman–Crippen MR) is 266 cm³/mol.